The Morgan fingerprint density at radius 2 is 2.03 bits per heavy atom. The molecule has 0 fully saturated rings. The van der Waals surface area contributed by atoms with E-state index in [0.29, 0.717) is 5.69 Å². The lowest BCUT2D eigenvalue weighted by Crippen LogP contribution is -2.39. The van der Waals surface area contributed by atoms with Crippen LogP contribution in [0.1, 0.15) is 42.6 Å². The summed E-state index contributed by atoms with van der Waals surface area (Å²) in [4.78, 5) is 28.3. The number of carbonyl (C=O) groups is 2. The second-order valence-corrected chi connectivity index (χ2v) is 8.90. The molecule has 0 radical (unpaired) electrons. The van der Waals surface area contributed by atoms with E-state index in [1.165, 1.54) is 17.0 Å². The Balaban J connectivity index is 1.51. The minimum atomic E-state index is -4.96. The van der Waals surface area contributed by atoms with Gasteiger partial charge in [-0.25, -0.2) is 14.0 Å². The summed E-state index contributed by atoms with van der Waals surface area (Å²) in [5, 5.41) is 6.81. The summed E-state index contributed by atoms with van der Waals surface area (Å²) in [6, 6.07) is 2.86. The van der Waals surface area contributed by atoms with Crippen LogP contribution in [-0.4, -0.2) is 39.2 Å². The number of anilines is 1. The summed E-state index contributed by atoms with van der Waals surface area (Å²) in [5.41, 5.74) is 0.110. The van der Waals surface area contributed by atoms with Crippen LogP contribution in [0.15, 0.2) is 18.2 Å². The van der Waals surface area contributed by atoms with Crippen molar-refractivity contribution in [2.75, 3.05) is 11.9 Å². The number of Topliss-reactive ketones (excluding diaryl/α,β-unsaturated/α-hetero) is 1. The molecule has 2 aromatic rings. The number of benzene rings is 1. The second kappa shape index (κ2) is 9.48. The Kier molecular flexibility index (Phi) is 6.72. The first-order valence-corrected chi connectivity index (χ1v) is 11.2. The van der Waals surface area contributed by atoms with Crippen molar-refractivity contribution in [2.45, 2.75) is 57.3 Å². The minimum Gasteiger partial charge on any atom is -0.320 e. The normalized spacial score (nSPS) is 19.0. The van der Waals surface area contributed by atoms with Crippen LogP contribution >= 0.6 is 0 Å². The van der Waals surface area contributed by atoms with E-state index in [2.05, 4.69) is 15.3 Å². The van der Waals surface area contributed by atoms with Gasteiger partial charge in [0.05, 0.1) is 18.8 Å². The highest BCUT2D eigenvalue weighted by atomic mass is 19.4. The molecule has 13 heteroatoms. The van der Waals surface area contributed by atoms with E-state index in [1.807, 2.05) is 0 Å². The van der Waals surface area contributed by atoms with E-state index in [4.69, 9.17) is 6.57 Å². The molecule has 192 valence electrons. The zero-order chi connectivity index (χ0) is 26.3. The number of fused-ring (bicyclic) bond motifs is 3. The molecule has 7 nitrogen and oxygen atoms in total. The monoisotopic (exact) mass is 513 g/mol. The van der Waals surface area contributed by atoms with Crippen LogP contribution < -0.4 is 5.32 Å². The Hall–Kier alpha value is -3.56. The van der Waals surface area contributed by atoms with Crippen LogP contribution in [0.3, 0.4) is 0 Å². The molecule has 0 aliphatic carbocycles. The van der Waals surface area contributed by atoms with Gasteiger partial charge in [-0.3, -0.25) is 9.48 Å². The maximum absolute atomic E-state index is 15.1. The number of hydrogen-bond acceptors (Lipinski definition) is 3. The maximum Gasteiger partial charge on any atom is 0.449 e. The van der Waals surface area contributed by atoms with Gasteiger partial charge in [0.15, 0.2) is 0 Å². The summed E-state index contributed by atoms with van der Waals surface area (Å²) in [6.07, 6.45) is -6.42. The fourth-order valence-corrected chi connectivity index (χ4v) is 4.57. The molecular formula is C23H21F6N5O2. The van der Waals surface area contributed by atoms with Gasteiger partial charge >= 0.3 is 12.2 Å². The Bertz CT molecular complexity index is 1230. The van der Waals surface area contributed by atoms with E-state index >= 15 is 8.78 Å². The van der Waals surface area contributed by atoms with Crippen molar-refractivity contribution in [1.29, 1.82) is 0 Å². The van der Waals surface area contributed by atoms with Crippen molar-refractivity contribution >= 4 is 23.2 Å². The minimum absolute atomic E-state index is 0.0514. The standard InChI is InChI=1S/C23H21F6N5O2/c1-30-18-10-14(3-4-16(18)24)31-21(36)33-9-7-17-15(12-33)20-22(25,26)8-6-13(11-34(20)32-17)2-5-19(35)23(27,28)29/h3-4,10,13H,2,5-9,11-12H2,(H,31,36). The fraction of sp³-hybridized carbons (Fsp3) is 0.478. The van der Waals surface area contributed by atoms with Crippen molar-refractivity contribution in [2.24, 2.45) is 5.92 Å². The van der Waals surface area contributed by atoms with E-state index in [1.54, 1.807) is 0 Å². The van der Waals surface area contributed by atoms with Gasteiger partial charge in [0.1, 0.15) is 11.5 Å². The van der Waals surface area contributed by atoms with Crippen molar-refractivity contribution in [3.8, 4) is 0 Å². The van der Waals surface area contributed by atoms with Crippen LogP contribution in [0.2, 0.25) is 0 Å². The zero-order valence-electron chi connectivity index (χ0n) is 18.8. The SMILES string of the molecule is [C-]#[N+]c1cc(NC(=O)N2CCc3nn4c(c3C2)C(F)(F)CCC(CCC(=O)C(F)(F)F)C4)ccc1F. The first-order valence-electron chi connectivity index (χ1n) is 11.2. The molecule has 1 N–H and O–H groups in total. The van der Waals surface area contributed by atoms with Crippen LogP contribution in [0.5, 0.6) is 0 Å². The highest BCUT2D eigenvalue weighted by Gasteiger charge is 2.44. The number of rotatable bonds is 4. The van der Waals surface area contributed by atoms with E-state index in [0.717, 1.165) is 10.7 Å². The molecule has 36 heavy (non-hydrogen) atoms. The molecule has 4 rings (SSSR count). The molecule has 2 aliphatic heterocycles. The average molecular weight is 513 g/mol. The van der Waals surface area contributed by atoms with E-state index in [-0.39, 0.29) is 61.5 Å². The molecule has 1 aromatic heterocycles. The van der Waals surface area contributed by atoms with E-state index < -0.39 is 48.5 Å². The molecule has 0 saturated heterocycles. The predicted molar refractivity (Wildman–Crippen MR) is 115 cm³/mol. The molecule has 1 unspecified atom stereocenters. The smallest absolute Gasteiger partial charge is 0.320 e. The largest absolute Gasteiger partial charge is 0.449 e. The lowest BCUT2D eigenvalue weighted by atomic mass is 9.94. The Morgan fingerprint density at radius 1 is 1.28 bits per heavy atom. The third-order valence-electron chi connectivity index (χ3n) is 6.45. The van der Waals surface area contributed by atoms with Gasteiger partial charge in [0, 0.05) is 43.6 Å². The molecule has 0 spiro atoms. The second-order valence-electron chi connectivity index (χ2n) is 8.90. The van der Waals surface area contributed by atoms with Crippen LogP contribution in [0.4, 0.5) is 42.5 Å². The molecule has 2 aliphatic rings. The van der Waals surface area contributed by atoms with Gasteiger partial charge in [-0.1, -0.05) is 0 Å². The average Bonchev–Trinajstić information content (AvgIpc) is 3.13. The third kappa shape index (κ3) is 5.17. The molecule has 0 saturated carbocycles. The Morgan fingerprint density at radius 3 is 2.72 bits per heavy atom. The topological polar surface area (TPSA) is 71.6 Å². The lowest BCUT2D eigenvalue weighted by molar-refractivity contribution is -0.171. The molecule has 2 amide bonds. The number of amides is 2. The number of carbonyl (C=O) groups excluding carboxylic acids is 2. The number of nitrogens with one attached hydrogen (secondary N) is 1. The highest BCUT2D eigenvalue weighted by Crippen LogP contribution is 2.42. The quantitative estimate of drug-likeness (QED) is 0.429. The number of aromatic nitrogens is 2. The van der Waals surface area contributed by atoms with Crippen LogP contribution in [-0.2, 0) is 30.2 Å². The van der Waals surface area contributed by atoms with Gasteiger partial charge in [-0.05, 0) is 37.0 Å². The first kappa shape index (κ1) is 25.5. The van der Waals surface area contributed by atoms with Gasteiger partial charge in [-0.15, -0.1) is 0 Å². The number of halogens is 6. The van der Waals surface area contributed by atoms with Gasteiger partial charge in [-0.2, -0.15) is 27.1 Å². The summed E-state index contributed by atoms with van der Waals surface area (Å²) < 4.78 is 82.6. The maximum atomic E-state index is 15.1. The van der Waals surface area contributed by atoms with Crippen molar-refractivity contribution < 1.29 is 35.9 Å². The van der Waals surface area contributed by atoms with Crippen molar-refractivity contribution in [3.05, 3.63) is 52.4 Å². The predicted octanol–water partition coefficient (Wildman–Crippen LogP) is 5.58. The molecule has 1 aromatic carbocycles. The molecule has 0 bridgehead atoms. The van der Waals surface area contributed by atoms with Crippen LogP contribution in [0.25, 0.3) is 4.85 Å². The first-order chi connectivity index (χ1) is 16.9. The van der Waals surface area contributed by atoms with Gasteiger partial charge in [0.25, 0.3) is 5.92 Å². The fourth-order valence-electron chi connectivity index (χ4n) is 4.57. The molecular weight excluding hydrogens is 492 g/mol. The number of alkyl halides is 5. The summed E-state index contributed by atoms with van der Waals surface area (Å²) in [5.74, 6) is -6.52. The van der Waals surface area contributed by atoms with E-state index in [9.17, 15) is 27.2 Å². The summed E-state index contributed by atoms with van der Waals surface area (Å²) in [6.45, 7) is 6.92. The molecule has 1 atom stereocenters. The van der Waals surface area contributed by atoms with Crippen LogP contribution in [0, 0.1) is 18.3 Å². The highest BCUT2D eigenvalue weighted by molar-refractivity contribution is 5.90. The van der Waals surface area contributed by atoms with Gasteiger partial charge < -0.3 is 10.2 Å². The van der Waals surface area contributed by atoms with Crippen molar-refractivity contribution in [1.82, 2.24) is 14.7 Å². The number of ketones is 1. The van der Waals surface area contributed by atoms with Crippen molar-refractivity contribution in [3.63, 3.8) is 0 Å². The molecule has 3 heterocycles. The summed E-state index contributed by atoms with van der Waals surface area (Å²) in [7, 11) is 0. The van der Waals surface area contributed by atoms with Gasteiger partial charge in [0.2, 0.25) is 11.5 Å². The third-order valence-corrected chi connectivity index (χ3v) is 6.45. The Labute approximate surface area is 201 Å². The number of hydrogen-bond donors (Lipinski definition) is 1. The lowest BCUT2D eigenvalue weighted by Gasteiger charge is -2.28. The number of urea groups is 1. The summed E-state index contributed by atoms with van der Waals surface area (Å²) >= 11 is 0. The number of nitrogens with zero attached hydrogens (tertiary/aromatic N) is 4. The zero-order valence-corrected chi connectivity index (χ0v) is 18.8.